The Kier molecular flexibility index (Phi) is 4.01. The van der Waals surface area contributed by atoms with E-state index in [-0.39, 0.29) is 6.04 Å². The van der Waals surface area contributed by atoms with Crippen molar-refractivity contribution in [2.75, 3.05) is 0 Å². The summed E-state index contributed by atoms with van der Waals surface area (Å²) in [6.45, 7) is 4.07. The third-order valence-electron chi connectivity index (χ3n) is 4.68. The number of H-pyrrole nitrogens is 1. The van der Waals surface area contributed by atoms with E-state index in [0.717, 1.165) is 48.2 Å². The summed E-state index contributed by atoms with van der Waals surface area (Å²) >= 11 is 0. The molecule has 1 saturated carbocycles. The first kappa shape index (κ1) is 14.8. The molecule has 0 radical (unpaired) electrons. The van der Waals surface area contributed by atoms with Gasteiger partial charge in [-0.2, -0.15) is 0 Å². The number of aromatic nitrogens is 1. The zero-order valence-corrected chi connectivity index (χ0v) is 13.1. The van der Waals surface area contributed by atoms with Crippen molar-refractivity contribution in [1.82, 2.24) is 10.3 Å². The van der Waals surface area contributed by atoms with Crippen LogP contribution in [-0.2, 0) is 4.79 Å². The Morgan fingerprint density at radius 2 is 1.82 bits per heavy atom. The van der Waals surface area contributed by atoms with Gasteiger partial charge >= 0.3 is 0 Å². The number of nitrogens with one attached hydrogen (secondary N) is 2. The van der Waals surface area contributed by atoms with E-state index in [0.29, 0.717) is 5.56 Å². The number of hydrogen-bond acceptors (Lipinski definition) is 2. The molecule has 0 spiro atoms. The Morgan fingerprint density at radius 1 is 1.14 bits per heavy atom. The Morgan fingerprint density at radius 3 is 2.55 bits per heavy atom. The van der Waals surface area contributed by atoms with Crippen LogP contribution in [0.4, 0.5) is 0 Å². The molecule has 3 rings (SSSR count). The van der Waals surface area contributed by atoms with Crippen molar-refractivity contribution in [2.24, 2.45) is 5.92 Å². The lowest BCUT2D eigenvalue weighted by Crippen LogP contribution is -2.41. The molecule has 1 aromatic heterocycles. The molecule has 1 aromatic carbocycles. The maximum atomic E-state index is 12.5. The minimum atomic E-state index is -0.479. The topological polar surface area (TPSA) is 62.0 Å². The number of hydrogen-bond donors (Lipinski definition) is 2. The molecule has 4 heteroatoms. The van der Waals surface area contributed by atoms with Crippen molar-refractivity contribution < 1.29 is 9.59 Å². The molecule has 116 valence electrons. The van der Waals surface area contributed by atoms with E-state index in [1.807, 2.05) is 31.2 Å². The number of carbonyl (C=O) groups is 2. The molecule has 1 aliphatic carbocycles. The predicted molar refractivity (Wildman–Crippen MR) is 86.9 cm³/mol. The van der Waals surface area contributed by atoms with Gasteiger partial charge in [-0.3, -0.25) is 9.59 Å². The van der Waals surface area contributed by atoms with E-state index >= 15 is 0 Å². The molecule has 1 amide bonds. The largest absolute Gasteiger partial charge is 0.358 e. The summed E-state index contributed by atoms with van der Waals surface area (Å²) in [6.07, 6.45) is 4.16. The number of amides is 1. The summed E-state index contributed by atoms with van der Waals surface area (Å²) in [4.78, 5) is 28.0. The molecule has 1 aliphatic rings. The summed E-state index contributed by atoms with van der Waals surface area (Å²) < 4.78 is 0. The van der Waals surface area contributed by atoms with Crippen LogP contribution in [-0.4, -0.2) is 22.7 Å². The number of fused-ring (bicyclic) bond motifs is 1. The second kappa shape index (κ2) is 5.95. The van der Waals surface area contributed by atoms with E-state index in [1.165, 1.54) is 0 Å². The zero-order valence-electron chi connectivity index (χ0n) is 13.1. The van der Waals surface area contributed by atoms with E-state index in [1.54, 1.807) is 0 Å². The van der Waals surface area contributed by atoms with Crippen LogP contribution in [0.3, 0.4) is 0 Å². The first-order valence-electron chi connectivity index (χ1n) is 7.98. The Bertz CT molecular complexity index is 709. The average Bonchev–Trinajstić information content (AvgIpc) is 2.84. The van der Waals surface area contributed by atoms with Gasteiger partial charge < -0.3 is 10.3 Å². The van der Waals surface area contributed by atoms with Gasteiger partial charge in [-0.15, -0.1) is 0 Å². The van der Waals surface area contributed by atoms with E-state index < -0.39 is 11.7 Å². The number of aryl methyl sites for hydroxylation is 1. The zero-order chi connectivity index (χ0) is 15.7. The highest BCUT2D eigenvalue weighted by molar-refractivity contribution is 6.45. The van der Waals surface area contributed by atoms with Crippen LogP contribution in [0.5, 0.6) is 0 Å². The maximum absolute atomic E-state index is 12.5. The van der Waals surface area contributed by atoms with Crippen molar-refractivity contribution in [1.29, 1.82) is 0 Å². The van der Waals surface area contributed by atoms with Gasteiger partial charge in [0.2, 0.25) is 0 Å². The van der Waals surface area contributed by atoms with Crippen molar-refractivity contribution in [3.05, 3.63) is 35.5 Å². The third kappa shape index (κ3) is 2.78. The predicted octanol–water partition coefficient (Wildman–Crippen LogP) is 3.35. The van der Waals surface area contributed by atoms with Gasteiger partial charge in [0.1, 0.15) is 0 Å². The SMILES string of the molecule is Cc1[nH]c2ccccc2c1C(=O)C(=O)NC1CCC(C)CC1. The number of benzene rings is 1. The highest BCUT2D eigenvalue weighted by Gasteiger charge is 2.26. The third-order valence-corrected chi connectivity index (χ3v) is 4.68. The summed E-state index contributed by atoms with van der Waals surface area (Å²) in [6, 6.07) is 7.72. The van der Waals surface area contributed by atoms with Crippen molar-refractivity contribution >= 4 is 22.6 Å². The lowest BCUT2D eigenvalue weighted by atomic mass is 9.87. The maximum Gasteiger partial charge on any atom is 0.292 e. The molecule has 1 fully saturated rings. The smallest absolute Gasteiger partial charge is 0.292 e. The van der Waals surface area contributed by atoms with Crippen LogP contribution < -0.4 is 5.32 Å². The van der Waals surface area contributed by atoms with Crippen molar-refractivity contribution in [2.45, 2.75) is 45.6 Å². The monoisotopic (exact) mass is 298 g/mol. The van der Waals surface area contributed by atoms with Gasteiger partial charge in [0.25, 0.3) is 11.7 Å². The molecule has 2 N–H and O–H groups in total. The molecule has 0 aliphatic heterocycles. The average molecular weight is 298 g/mol. The number of rotatable bonds is 3. The van der Waals surface area contributed by atoms with Gasteiger partial charge in [0.05, 0.1) is 5.56 Å². The van der Waals surface area contributed by atoms with Gasteiger partial charge in [-0.05, 0) is 44.6 Å². The fourth-order valence-electron chi connectivity index (χ4n) is 3.34. The molecule has 1 heterocycles. The quantitative estimate of drug-likeness (QED) is 0.674. The first-order valence-corrected chi connectivity index (χ1v) is 7.98. The van der Waals surface area contributed by atoms with Gasteiger partial charge in [-0.25, -0.2) is 0 Å². The minimum absolute atomic E-state index is 0.137. The number of para-hydroxylation sites is 1. The number of ketones is 1. The highest BCUT2D eigenvalue weighted by Crippen LogP contribution is 2.25. The van der Waals surface area contributed by atoms with E-state index in [2.05, 4.69) is 17.2 Å². The second-order valence-corrected chi connectivity index (χ2v) is 6.43. The summed E-state index contributed by atoms with van der Waals surface area (Å²) in [5.74, 6) is -0.194. The van der Waals surface area contributed by atoms with Gasteiger partial charge in [0, 0.05) is 22.6 Å². The Hall–Kier alpha value is -2.10. The molecule has 0 saturated heterocycles. The lowest BCUT2D eigenvalue weighted by Gasteiger charge is -2.26. The molecular formula is C18H22N2O2. The summed E-state index contributed by atoms with van der Waals surface area (Å²) in [7, 11) is 0. The molecule has 0 unspecified atom stereocenters. The van der Waals surface area contributed by atoms with Gasteiger partial charge in [-0.1, -0.05) is 25.1 Å². The van der Waals surface area contributed by atoms with Crippen LogP contribution in [0, 0.1) is 12.8 Å². The lowest BCUT2D eigenvalue weighted by molar-refractivity contribution is -0.117. The summed E-state index contributed by atoms with van der Waals surface area (Å²) in [5.41, 5.74) is 2.14. The Labute approximate surface area is 130 Å². The number of Topliss-reactive ketones (excluding diaryl/α,β-unsaturated/α-hetero) is 1. The minimum Gasteiger partial charge on any atom is -0.358 e. The molecule has 22 heavy (non-hydrogen) atoms. The molecule has 2 aromatic rings. The first-order chi connectivity index (χ1) is 10.6. The van der Waals surface area contributed by atoms with Crippen LogP contribution in [0.2, 0.25) is 0 Å². The van der Waals surface area contributed by atoms with Crippen LogP contribution in [0.15, 0.2) is 24.3 Å². The molecule has 4 nitrogen and oxygen atoms in total. The Balaban J connectivity index is 1.77. The summed E-state index contributed by atoms with van der Waals surface area (Å²) in [5, 5.41) is 3.73. The van der Waals surface area contributed by atoms with Crippen molar-refractivity contribution in [3.63, 3.8) is 0 Å². The van der Waals surface area contributed by atoms with Crippen LogP contribution in [0.25, 0.3) is 10.9 Å². The number of aromatic amines is 1. The standard InChI is InChI=1S/C18H22N2O2/c1-11-7-9-13(10-8-11)20-18(22)17(21)16-12(2)19-15-6-4-3-5-14(15)16/h3-6,11,13,19H,7-10H2,1-2H3,(H,20,22). The molecule has 0 bridgehead atoms. The van der Waals surface area contributed by atoms with E-state index in [9.17, 15) is 9.59 Å². The fraction of sp³-hybridized carbons (Fsp3) is 0.444. The van der Waals surface area contributed by atoms with Gasteiger partial charge in [0.15, 0.2) is 0 Å². The van der Waals surface area contributed by atoms with Crippen molar-refractivity contribution in [3.8, 4) is 0 Å². The van der Waals surface area contributed by atoms with Crippen LogP contribution in [0.1, 0.15) is 48.7 Å². The molecular weight excluding hydrogens is 276 g/mol. The molecule has 0 atom stereocenters. The normalized spacial score (nSPS) is 21.7. The number of carbonyl (C=O) groups excluding carboxylic acids is 2. The highest BCUT2D eigenvalue weighted by atomic mass is 16.2. The second-order valence-electron chi connectivity index (χ2n) is 6.43. The van der Waals surface area contributed by atoms with Crippen LogP contribution >= 0.6 is 0 Å². The van der Waals surface area contributed by atoms with E-state index in [4.69, 9.17) is 0 Å². The fourth-order valence-corrected chi connectivity index (χ4v) is 3.34.